The molecule has 0 unspecified atom stereocenters. The highest BCUT2D eigenvalue weighted by Gasteiger charge is 2.00. The van der Waals surface area contributed by atoms with Crippen molar-refractivity contribution in [2.75, 3.05) is 12.4 Å². The van der Waals surface area contributed by atoms with E-state index in [0.717, 1.165) is 22.5 Å². The summed E-state index contributed by atoms with van der Waals surface area (Å²) in [5.41, 5.74) is 2.38. The van der Waals surface area contributed by atoms with Gasteiger partial charge in [0.25, 0.3) is 0 Å². The first-order chi connectivity index (χ1) is 7.28. The van der Waals surface area contributed by atoms with Gasteiger partial charge in [0.15, 0.2) is 5.95 Å². The number of aromatic amines is 1. The topological polar surface area (TPSA) is 40.7 Å². The van der Waals surface area contributed by atoms with Gasteiger partial charge < -0.3 is 10.3 Å². The van der Waals surface area contributed by atoms with Crippen LogP contribution in [0.1, 0.15) is 11.3 Å². The Morgan fingerprint density at radius 3 is 2.67 bits per heavy atom. The van der Waals surface area contributed by atoms with Gasteiger partial charge in [0.05, 0.1) is 6.20 Å². The first-order valence-corrected chi connectivity index (χ1v) is 5.53. The maximum atomic E-state index is 4.17. The summed E-state index contributed by atoms with van der Waals surface area (Å²) >= 11 is 3.42. The van der Waals surface area contributed by atoms with E-state index in [-0.39, 0.29) is 0 Å². The second-order valence-electron chi connectivity index (χ2n) is 3.31. The first kappa shape index (κ1) is 10.2. The molecule has 0 saturated carbocycles. The van der Waals surface area contributed by atoms with Gasteiger partial charge in [-0.2, -0.15) is 0 Å². The zero-order valence-corrected chi connectivity index (χ0v) is 10.0. The van der Waals surface area contributed by atoms with Crippen molar-refractivity contribution in [1.82, 2.24) is 9.97 Å². The molecule has 0 spiro atoms. The van der Waals surface area contributed by atoms with Crippen molar-refractivity contribution in [2.24, 2.45) is 0 Å². The molecule has 2 aromatic rings. The number of halogens is 1. The quantitative estimate of drug-likeness (QED) is 0.896. The van der Waals surface area contributed by atoms with Crippen molar-refractivity contribution >= 4 is 21.9 Å². The molecule has 0 aliphatic carbocycles. The number of nitrogens with zero attached hydrogens (tertiary/aromatic N) is 1. The number of aromatic nitrogens is 2. The lowest BCUT2D eigenvalue weighted by molar-refractivity contribution is 1.10. The molecule has 3 nitrogen and oxygen atoms in total. The van der Waals surface area contributed by atoms with E-state index in [0.29, 0.717) is 0 Å². The van der Waals surface area contributed by atoms with E-state index >= 15 is 0 Å². The maximum absolute atomic E-state index is 4.17. The highest BCUT2D eigenvalue weighted by Crippen LogP contribution is 2.13. The summed E-state index contributed by atoms with van der Waals surface area (Å²) in [5, 5.41) is 2.97. The lowest BCUT2D eigenvalue weighted by atomic mass is 10.1. The number of anilines is 1. The van der Waals surface area contributed by atoms with Gasteiger partial charge in [-0.1, -0.05) is 28.1 Å². The Hall–Kier alpha value is -1.29. The van der Waals surface area contributed by atoms with Crippen molar-refractivity contribution in [2.45, 2.75) is 6.42 Å². The largest absolute Gasteiger partial charge is 0.359 e. The predicted octanol–water partition coefficient (Wildman–Crippen LogP) is 2.80. The Morgan fingerprint density at radius 1 is 1.33 bits per heavy atom. The van der Waals surface area contributed by atoms with Crippen LogP contribution in [0.5, 0.6) is 0 Å². The fourth-order valence-electron chi connectivity index (χ4n) is 1.40. The second-order valence-corrected chi connectivity index (χ2v) is 4.23. The average Bonchev–Trinajstić information content (AvgIpc) is 2.69. The summed E-state index contributed by atoms with van der Waals surface area (Å²) in [4.78, 5) is 7.36. The highest BCUT2D eigenvalue weighted by atomic mass is 79.9. The van der Waals surface area contributed by atoms with Gasteiger partial charge in [-0.15, -0.1) is 0 Å². The SMILES string of the molecule is CNc1ncc(Cc2ccc(Br)cc2)[nH]1. The fourth-order valence-corrected chi connectivity index (χ4v) is 1.66. The van der Waals surface area contributed by atoms with Crippen molar-refractivity contribution in [3.8, 4) is 0 Å². The zero-order valence-electron chi connectivity index (χ0n) is 8.42. The van der Waals surface area contributed by atoms with Gasteiger partial charge >= 0.3 is 0 Å². The minimum Gasteiger partial charge on any atom is -0.359 e. The smallest absolute Gasteiger partial charge is 0.200 e. The molecule has 78 valence electrons. The number of benzene rings is 1. The van der Waals surface area contributed by atoms with E-state index in [1.165, 1.54) is 5.56 Å². The van der Waals surface area contributed by atoms with Crippen LogP contribution in [0.25, 0.3) is 0 Å². The molecule has 1 aromatic heterocycles. The normalized spacial score (nSPS) is 10.3. The molecule has 1 heterocycles. The molecule has 0 fully saturated rings. The van der Waals surface area contributed by atoms with E-state index in [9.17, 15) is 0 Å². The van der Waals surface area contributed by atoms with Gasteiger partial charge in [-0.25, -0.2) is 4.98 Å². The van der Waals surface area contributed by atoms with Crippen LogP contribution < -0.4 is 5.32 Å². The average molecular weight is 266 g/mol. The number of rotatable bonds is 3. The molecule has 0 atom stereocenters. The standard InChI is InChI=1S/C11H12BrN3/c1-13-11-14-7-10(15-11)6-8-2-4-9(12)5-3-8/h2-5,7H,6H2,1H3,(H2,13,14,15). The molecule has 2 rings (SSSR count). The summed E-state index contributed by atoms with van der Waals surface area (Å²) in [6, 6.07) is 8.29. The number of hydrogen-bond acceptors (Lipinski definition) is 2. The van der Waals surface area contributed by atoms with Crippen molar-refractivity contribution in [3.63, 3.8) is 0 Å². The molecule has 4 heteroatoms. The Labute approximate surface area is 97.1 Å². The van der Waals surface area contributed by atoms with Crippen molar-refractivity contribution < 1.29 is 0 Å². The second kappa shape index (κ2) is 4.49. The molecule has 1 aromatic carbocycles. The Balaban J connectivity index is 2.11. The first-order valence-electron chi connectivity index (χ1n) is 4.74. The lowest BCUT2D eigenvalue weighted by Crippen LogP contribution is -1.91. The highest BCUT2D eigenvalue weighted by molar-refractivity contribution is 9.10. The molecule has 0 bridgehead atoms. The third-order valence-electron chi connectivity index (χ3n) is 2.17. The van der Waals surface area contributed by atoms with E-state index in [2.05, 4.69) is 43.3 Å². The lowest BCUT2D eigenvalue weighted by Gasteiger charge is -1.98. The predicted molar refractivity (Wildman–Crippen MR) is 65.1 cm³/mol. The van der Waals surface area contributed by atoms with Crippen molar-refractivity contribution in [1.29, 1.82) is 0 Å². The number of nitrogens with one attached hydrogen (secondary N) is 2. The van der Waals surface area contributed by atoms with Crippen LogP contribution >= 0.6 is 15.9 Å². The molecule has 2 N–H and O–H groups in total. The molecule has 0 aliphatic rings. The van der Waals surface area contributed by atoms with Gasteiger partial charge in [0.2, 0.25) is 0 Å². The summed E-state index contributed by atoms with van der Waals surface area (Å²) in [7, 11) is 1.85. The molecular formula is C11H12BrN3. The molecule has 0 radical (unpaired) electrons. The van der Waals surface area contributed by atoms with Crippen LogP contribution in [0.4, 0.5) is 5.95 Å². The van der Waals surface area contributed by atoms with Crippen LogP contribution in [-0.4, -0.2) is 17.0 Å². The van der Waals surface area contributed by atoms with Gasteiger partial charge in [0, 0.05) is 23.6 Å². The van der Waals surface area contributed by atoms with Gasteiger partial charge in [-0.05, 0) is 17.7 Å². The van der Waals surface area contributed by atoms with Crippen LogP contribution in [0.15, 0.2) is 34.9 Å². The fraction of sp³-hybridized carbons (Fsp3) is 0.182. The molecule has 0 aliphatic heterocycles. The Morgan fingerprint density at radius 2 is 2.07 bits per heavy atom. The molecule has 15 heavy (non-hydrogen) atoms. The maximum Gasteiger partial charge on any atom is 0.200 e. The number of H-pyrrole nitrogens is 1. The molecule has 0 amide bonds. The van der Waals surface area contributed by atoms with E-state index < -0.39 is 0 Å². The third kappa shape index (κ3) is 2.59. The summed E-state index contributed by atoms with van der Waals surface area (Å²) in [6.45, 7) is 0. The summed E-state index contributed by atoms with van der Waals surface area (Å²) in [6.07, 6.45) is 2.73. The minimum absolute atomic E-state index is 0.808. The van der Waals surface area contributed by atoms with E-state index in [1.807, 2.05) is 25.4 Å². The molecule has 0 saturated heterocycles. The third-order valence-corrected chi connectivity index (χ3v) is 2.70. The molecular weight excluding hydrogens is 254 g/mol. The van der Waals surface area contributed by atoms with Crippen LogP contribution in [0, 0.1) is 0 Å². The summed E-state index contributed by atoms with van der Waals surface area (Å²) in [5.74, 6) is 0.808. The zero-order chi connectivity index (χ0) is 10.7. The van der Waals surface area contributed by atoms with E-state index in [1.54, 1.807) is 0 Å². The van der Waals surface area contributed by atoms with Crippen molar-refractivity contribution in [3.05, 3.63) is 46.2 Å². The minimum atomic E-state index is 0.808. The number of imidazole rings is 1. The van der Waals surface area contributed by atoms with Crippen LogP contribution in [-0.2, 0) is 6.42 Å². The van der Waals surface area contributed by atoms with Gasteiger partial charge in [-0.3, -0.25) is 0 Å². The Bertz CT molecular complexity index is 433. The van der Waals surface area contributed by atoms with Gasteiger partial charge in [0.1, 0.15) is 0 Å². The monoisotopic (exact) mass is 265 g/mol. The summed E-state index contributed by atoms with van der Waals surface area (Å²) < 4.78 is 1.10. The van der Waals surface area contributed by atoms with Crippen LogP contribution in [0.3, 0.4) is 0 Å². The number of hydrogen-bond donors (Lipinski definition) is 2. The van der Waals surface area contributed by atoms with Crippen LogP contribution in [0.2, 0.25) is 0 Å². The van der Waals surface area contributed by atoms with E-state index in [4.69, 9.17) is 0 Å². The Kier molecular flexibility index (Phi) is 3.06.